The van der Waals surface area contributed by atoms with Crippen LogP contribution in [0.5, 0.6) is 0 Å². The van der Waals surface area contributed by atoms with Gasteiger partial charge in [0, 0.05) is 54.9 Å². The van der Waals surface area contributed by atoms with Crippen molar-refractivity contribution in [2.24, 2.45) is 5.41 Å². The number of pyridine rings is 1. The van der Waals surface area contributed by atoms with Gasteiger partial charge in [-0.25, -0.2) is 0 Å². The fourth-order valence-electron chi connectivity index (χ4n) is 5.46. The molecule has 3 aliphatic rings. The monoisotopic (exact) mass is 476 g/mol. The highest BCUT2D eigenvalue weighted by Crippen LogP contribution is 2.44. The summed E-state index contributed by atoms with van der Waals surface area (Å²) in [5.74, 6) is 0.0198. The lowest BCUT2D eigenvalue weighted by Gasteiger charge is -2.60. The van der Waals surface area contributed by atoms with Crippen molar-refractivity contribution in [2.45, 2.75) is 26.4 Å². The summed E-state index contributed by atoms with van der Waals surface area (Å²) >= 11 is 6.16. The Kier molecular flexibility index (Phi) is 4.71. The lowest BCUT2D eigenvalue weighted by molar-refractivity contribution is -0.0105. The van der Waals surface area contributed by atoms with Crippen molar-refractivity contribution >= 4 is 34.8 Å². The van der Waals surface area contributed by atoms with Crippen molar-refractivity contribution in [2.75, 3.05) is 36.0 Å². The molecule has 2 amide bonds. The van der Waals surface area contributed by atoms with Crippen molar-refractivity contribution in [1.82, 2.24) is 19.7 Å². The Labute approximate surface area is 202 Å². The van der Waals surface area contributed by atoms with Crippen molar-refractivity contribution in [3.63, 3.8) is 0 Å². The third-order valence-corrected chi connectivity index (χ3v) is 7.48. The van der Waals surface area contributed by atoms with Gasteiger partial charge in [0.2, 0.25) is 0 Å². The standard InChI is InChI=1S/C25H25ClN6O2/c1-3-31-11-17(8-28-31)23(33)30-14-25(15-30)12-29(13-25)19-7-20(10-27-9-19)32-16(2)22-6-18(26)4-5-21(22)24(32)34/h4-11,16H,3,12-15H2,1-2H3/t16-/m1/s1. The van der Waals surface area contributed by atoms with Crippen LogP contribution >= 0.6 is 11.6 Å². The smallest absolute Gasteiger partial charge is 0.259 e. The van der Waals surface area contributed by atoms with E-state index in [1.165, 1.54) is 0 Å². The van der Waals surface area contributed by atoms with Gasteiger partial charge in [-0.1, -0.05) is 11.6 Å². The normalized spacial score (nSPS) is 20.4. The van der Waals surface area contributed by atoms with Gasteiger partial charge in [0.25, 0.3) is 11.8 Å². The van der Waals surface area contributed by atoms with Gasteiger partial charge < -0.3 is 9.80 Å². The number of hydrogen-bond donors (Lipinski definition) is 0. The average Bonchev–Trinajstić information content (AvgIpc) is 3.35. The highest BCUT2D eigenvalue weighted by Gasteiger charge is 2.53. The van der Waals surface area contributed by atoms with Gasteiger partial charge in [-0.2, -0.15) is 5.10 Å². The van der Waals surface area contributed by atoms with Crippen LogP contribution in [0, 0.1) is 5.41 Å². The first kappa shape index (κ1) is 21.2. The van der Waals surface area contributed by atoms with Gasteiger partial charge in [-0.15, -0.1) is 0 Å². The molecule has 2 saturated heterocycles. The zero-order valence-electron chi connectivity index (χ0n) is 19.1. The van der Waals surface area contributed by atoms with Crippen molar-refractivity contribution in [3.05, 3.63) is 70.8 Å². The fraction of sp³-hybridized carbons (Fsp3) is 0.360. The molecule has 0 saturated carbocycles. The Morgan fingerprint density at radius 2 is 1.88 bits per heavy atom. The summed E-state index contributed by atoms with van der Waals surface area (Å²) in [7, 11) is 0. The molecule has 8 nitrogen and oxygen atoms in total. The van der Waals surface area contributed by atoms with Crippen molar-refractivity contribution < 1.29 is 9.59 Å². The molecule has 0 bridgehead atoms. The van der Waals surface area contributed by atoms with E-state index in [9.17, 15) is 9.59 Å². The predicted molar refractivity (Wildman–Crippen MR) is 129 cm³/mol. The SMILES string of the molecule is CCn1cc(C(=O)N2CC3(C2)CN(c2cncc(N4C(=O)c5ccc(Cl)cc5[C@H]4C)c2)C3)cn1. The molecule has 174 valence electrons. The van der Waals surface area contributed by atoms with Crippen LogP contribution in [0.4, 0.5) is 11.4 Å². The minimum atomic E-state index is -0.107. The molecule has 2 aromatic heterocycles. The van der Waals surface area contributed by atoms with E-state index in [2.05, 4.69) is 15.0 Å². The summed E-state index contributed by atoms with van der Waals surface area (Å²) in [5.41, 5.74) is 4.18. The zero-order chi connectivity index (χ0) is 23.6. The molecule has 6 rings (SSSR count). The fourth-order valence-corrected chi connectivity index (χ4v) is 5.64. The molecule has 2 fully saturated rings. The number of hydrogen-bond acceptors (Lipinski definition) is 5. The third-order valence-electron chi connectivity index (χ3n) is 7.25. The molecule has 3 aromatic rings. The largest absolute Gasteiger partial charge is 0.369 e. The molecule has 1 spiro atoms. The van der Waals surface area contributed by atoms with E-state index in [0.717, 1.165) is 49.7 Å². The van der Waals surface area contributed by atoms with Crippen LogP contribution in [0.25, 0.3) is 0 Å². The summed E-state index contributed by atoms with van der Waals surface area (Å²) in [6.07, 6.45) is 7.03. The molecule has 0 radical (unpaired) electrons. The van der Waals surface area contributed by atoms with Crippen molar-refractivity contribution in [1.29, 1.82) is 0 Å². The van der Waals surface area contributed by atoms with Crippen LogP contribution < -0.4 is 9.80 Å². The van der Waals surface area contributed by atoms with Gasteiger partial charge in [-0.05, 0) is 43.7 Å². The average molecular weight is 477 g/mol. The van der Waals surface area contributed by atoms with E-state index in [0.29, 0.717) is 16.1 Å². The third kappa shape index (κ3) is 3.20. The molecule has 1 atom stereocenters. The molecule has 0 unspecified atom stereocenters. The second kappa shape index (κ2) is 7.56. The molecular formula is C25H25ClN6O2. The highest BCUT2D eigenvalue weighted by molar-refractivity contribution is 6.31. The highest BCUT2D eigenvalue weighted by atomic mass is 35.5. The Bertz CT molecular complexity index is 1310. The van der Waals surface area contributed by atoms with Crippen molar-refractivity contribution in [3.8, 4) is 0 Å². The first-order chi connectivity index (χ1) is 16.4. The molecule has 1 aromatic carbocycles. The molecule has 3 aliphatic heterocycles. The van der Waals surface area contributed by atoms with E-state index in [-0.39, 0.29) is 23.3 Å². The number of carbonyl (C=O) groups is 2. The van der Waals surface area contributed by atoms with Gasteiger partial charge in [0.1, 0.15) is 0 Å². The Hall–Kier alpha value is -3.39. The molecule has 0 aliphatic carbocycles. The van der Waals surface area contributed by atoms with Crippen LogP contribution in [0.2, 0.25) is 5.02 Å². The molecule has 5 heterocycles. The second-order valence-corrected chi connectivity index (χ2v) is 10.0. The predicted octanol–water partition coefficient (Wildman–Crippen LogP) is 3.64. The Morgan fingerprint density at radius 3 is 2.62 bits per heavy atom. The number of likely N-dealkylation sites (tertiary alicyclic amines) is 1. The number of fused-ring (bicyclic) bond motifs is 1. The topological polar surface area (TPSA) is 74.6 Å². The summed E-state index contributed by atoms with van der Waals surface area (Å²) in [4.78, 5) is 36.2. The van der Waals surface area contributed by atoms with E-state index < -0.39 is 0 Å². The summed E-state index contributed by atoms with van der Waals surface area (Å²) in [6.45, 7) is 8.01. The summed E-state index contributed by atoms with van der Waals surface area (Å²) < 4.78 is 1.77. The number of aryl methyl sites for hydroxylation is 1. The number of benzene rings is 1. The van der Waals surface area contributed by atoms with E-state index in [1.54, 1.807) is 34.1 Å². The maximum atomic E-state index is 13.1. The summed E-state index contributed by atoms with van der Waals surface area (Å²) in [5, 5.41) is 4.84. The van der Waals surface area contributed by atoms with Gasteiger partial charge >= 0.3 is 0 Å². The van der Waals surface area contributed by atoms with Crippen LogP contribution in [-0.4, -0.2) is 57.7 Å². The van der Waals surface area contributed by atoms with Crippen LogP contribution in [0.3, 0.4) is 0 Å². The minimum absolute atomic E-state index is 0.0299. The van der Waals surface area contributed by atoms with Crippen LogP contribution in [0.1, 0.15) is 46.2 Å². The second-order valence-electron chi connectivity index (χ2n) is 9.59. The van der Waals surface area contributed by atoms with Crippen LogP contribution in [-0.2, 0) is 6.54 Å². The van der Waals surface area contributed by atoms with Gasteiger partial charge in [0.15, 0.2) is 0 Å². The number of carbonyl (C=O) groups excluding carboxylic acids is 2. The van der Waals surface area contributed by atoms with E-state index in [4.69, 9.17) is 11.6 Å². The number of halogens is 1. The maximum absolute atomic E-state index is 13.1. The Morgan fingerprint density at radius 1 is 1.12 bits per heavy atom. The van der Waals surface area contributed by atoms with Gasteiger partial charge in [0.05, 0.1) is 41.6 Å². The zero-order valence-corrected chi connectivity index (χ0v) is 19.9. The number of anilines is 2. The lowest BCUT2D eigenvalue weighted by Crippen LogP contribution is -2.73. The number of amides is 2. The summed E-state index contributed by atoms with van der Waals surface area (Å²) in [6, 6.07) is 7.34. The number of nitrogens with zero attached hydrogens (tertiary/aromatic N) is 6. The molecule has 9 heteroatoms. The quantitative estimate of drug-likeness (QED) is 0.574. The molecule has 0 N–H and O–H groups in total. The van der Waals surface area contributed by atoms with Crippen LogP contribution in [0.15, 0.2) is 49.1 Å². The molecular weight excluding hydrogens is 452 g/mol. The molecule has 34 heavy (non-hydrogen) atoms. The van der Waals surface area contributed by atoms with E-state index in [1.807, 2.05) is 43.3 Å². The minimum Gasteiger partial charge on any atom is -0.369 e. The van der Waals surface area contributed by atoms with Gasteiger partial charge in [-0.3, -0.25) is 24.2 Å². The Balaban J connectivity index is 1.12. The number of rotatable bonds is 4. The lowest BCUT2D eigenvalue weighted by atomic mass is 9.72. The first-order valence-corrected chi connectivity index (χ1v) is 11.9. The first-order valence-electron chi connectivity index (χ1n) is 11.5. The van der Waals surface area contributed by atoms with E-state index >= 15 is 0 Å². The number of aromatic nitrogens is 3. The maximum Gasteiger partial charge on any atom is 0.259 e.